The molecule has 0 spiro atoms. The van der Waals surface area contributed by atoms with Crippen molar-refractivity contribution in [1.29, 1.82) is 4.78 Å². The lowest BCUT2D eigenvalue weighted by Gasteiger charge is -2.13. The fraction of sp³-hybridized carbons (Fsp3) is 0.333. The summed E-state index contributed by atoms with van der Waals surface area (Å²) in [5, 5.41) is 12.2. The Morgan fingerprint density at radius 1 is 1.57 bits per heavy atom. The molecule has 0 bridgehead atoms. The second-order valence-corrected chi connectivity index (χ2v) is 6.75. The molecule has 2 aromatic rings. The fourth-order valence-electron chi connectivity index (χ4n) is 2.72. The molecule has 0 aromatic carbocycles. The molecule has 2 atom stereocenters. The number of amides is 1. The van der Waals surface area contributed by atoms with Crippen LogP contribution in [0.25, 0.3) is 0 Å². The minimum atomic E-state index is -0.936. The number of carbonyl (C=O) groups excluding carboxylic acids is 1. The van der Waals surface area contributed by atoms with Gasteiger partial charge in [0, 0.05) is 37.4 Å². The van der Waals surface area contributed by atoms with Crippen molar-refractivity contribution in [3.8, 4) is 0 Å². The summed E-state index contributed by atoms with van der Waals surface area (Å²) in [6.45, 7) is -0.00265. The topological polar surface area (TPSA) is 103 Å². The number of aryl methyl sites for hydroxylation is 1. The zero-order chi connectivity index (χ0) is 16.4. The minimum absolute atomic E-state index is 0.00265. The summed E-state index contributed by atoms with van der Waals surface area (Å²) >= 11 is 0. The molecule has 122 valence electrons. The van der Waals surface area contributed by atoms with Crippen LogP contribution in [0.1, 0.15) is 22.5 Å². The first-order valence-electron chi connectivity index (χ1n) is 7.32. The van der Waals surface area contributed by atoms with Crippen molar-refractivity contribution in [2.45, 2.75) is 23.8 Å². The van der Waals surface area contributed by atoms with Crippen LogP contribution in [0.3, 0.4) is 0 Å². The van der Waals surface area contributed by atoms with Crippen LogP contribution in [0.5, 0.6) is 0 Å². The lowest BCUT2D eigenvalue weighted by Crippen LogP contribution is -2.32. The molecule has 1 aliphatic heterocycles. The monoisotopic (exact) mass is 333 g/mol. The summed E-state index contributed by atoms with van der Waals surface area (Å²) in [5.41, 5.74) is 2.15. The number of pyridine rings is 1. The second kappa shape index (κ2) is 6.61. The zero-order valence-electron chi connectivity index (χ0n) is 12.7. The van der Waals surface area contributed by atoms with E-state index in [1.807, 2.05) is 13.2 Å². The molecule has 0 radical (unpaired) electrons. The van der Waals surface area contributed by atoms with E-state index in [0.29, 0.717) is 24.2 Å². The molecule has 8 heteroatoms. The number of rotatable bonds is 3. The number of nitrogens with zero attached hydrogens (tertiary/aromatic N) is 2. The number of aliphatic hydroxyl groups excluding tert-OH is 1. The van der Waals surface area contributed by atoms with Crippen LogP contribution in [0.15, 0.2) is 35.6 Å². The summed E-state index contributed by atoms with van der Waals surface area (Å²) in [6.07, 6.45) is 6.44. The molecule has 1 aliphatic rings. The Balaban J connectivity index is 1.92. The summed E-state index contributed by atoms with van der Waals surface area (Å²) < 4.78 is 13.1. The summed E-state index contributed by atoms with van der Waals surface area (Å²) in [7, 11) is 0.881. The maximum absolute atomic E-state index is 12.7. The Hall–Kier alpha value is -2.03. The molecule has 7 nitrogen and oxygen atoms in total. The lowest BCUT2D eigenvalue weighted by molar-refractivity contribution is 0.101. The van der Waals surface area contributed by atoms with Gasteiger partial charge in [0.25, 0.3) is 5.91 Å². The molecule has 0 saturated carbocycles. The largest absolute Gasteiger partial charge is 0.395 e. The standard InChI is InChI=1S/C15H19N5O2S/c1-20-8-13-12(3-2-11(9-21)19-23(13)16)14(20)15(22)18-10-4-6-17-7-5-10/h4-8,11,21H,2-3,9H2,1H3,(H2,16,19)(H,17,18,22)/t11-,23?/m1/s1. The highest BCUT2D eigenvalue weighted by atomic mass is 32.2. The van der Waals surface area contributed by atoms with E-state index in [4.69, 9.17) is 4.78 Å². The number of carbonyl (C=O) groups is 1. The number of hydrogen-bond acceptors (Lipinski definition) is 4. The Morgan fingerprint density at radius 2 is 2.30 bits per heavy atom. The maximum atomic E-state index is 12.7. The van der Waals surface area contributed by atoms with Crippen LogP contribution < -0.4 is 10.0 Å². The molecule has 3 rings (SSSR count). The predicted octanol–water partition coefficient (Wildman–Crippen LogP) is 1.22. The molecule has 4 N–H and O–H groups in total. The third kappa shape index (κ3) is 3.19. The van der Waals surface area contributed by atoms with E-state index in [-0.39, 0.29) is 18.6 Å². The van der Waals surface area contributed by atoms with Gasteiger partial charge in [0.05, 0.1) is 11.5 Å². The van der Waals surface area contributed by atoms with Gasteiger partial charge < -0.3 is 15.0 Å². The smallest absolute Gasteiger partial charge is 0.272 e. The van der Waals surface area contributed by atoms with E-state index in [1.165, 1.54) is 0 Å². The van der Waals surface area contributed by atoms with Crippen molar-refractivity contribution in [3.05, 3.63) is 42.0 Å². The second-order valence-electron chi connectivity index (χ2n) is 5.46. The highest BCUT2D eigenvalue weighted by molar-refractivity contribution is 7.84. The van der Waals surface area contributed by atoms with Crippen molar-refractivity contribution in [2.24, 2.45) is 7.05 Å². The number of aliphatic hydroxyl groups is 1. The highest BCUT2D eigenvalue weighted by Crippen LogP contribution is 2.26. The average Bonchev–Trinajstić information content (AvgIpc) is 2.80. The minimum Gasteiger partial charge on any atom is -0.395 e. The number of fused-ring (bicyclic) bond motifs is 1. The van der Waals surface area contributed by atoms with Crippen LogP contribution in [-0.2, 0) is 24.3 Å². The molecule has 0 aliphatic carbocycles. The normalized spacial score (nSPS) is 20.6. The van der Waals surface area contributed by atoms with Crippen molar-refractivity contribution in [3.63, 3.8) is 0 Å². The molecule has 0 saturated heterocycles. The van der Waals surface area contributed by atoms with Gasteiger partial charge in [-0.3, -0.25) is 14.6 Å². The van der Waals surface area contributed by atoms with Gasteiger partial charge in [0.15, 0.2) is 0 Å². The number of aromatic nitrogens is 2. The number of nitrogens with one attached hydrogen (secondary N) is 3. The van der Waals surface area contributed by atoms with E-state index in [1.54, 1.807) is 29.1 Å². The third-order valence-electron chi connectivity index (χ3n) is 3.87. The van der Waals surface area contributed by atoms with Crippen LogP contribution >= 0.6 is 0 Å². The Morgan fingerprint density at radius 3 is 3.00 bits per heavy atom. The first-order chi connectivity index (χ1) is 11.1. The van der Waals surface area contributed by atoms with Crippen molar-refractivity contribution in [2.75, 3.05) is 11.9 Å². The van der Waals surface area contributed by atoms with E-state index in [2.05, 4.69) is 15.0 Å². The predicted molar refractivity (Wildman–Crippen MR) is 88.3 cm³/mol. The van der Waals surface area contributed by atoms with Crippen molar-refractivity contribution in [1.82, 2.24) is 14.3 Å². The molecular weight excluding hydrogens is 314 g/mol. The first kappa shape index (κ1) is 15.9. The summed E-state index contributed by atoms with van der Waals surface area (Å²) in [6, 6.07) is 3.36. The fourth-order valence-corrected chi connectivity index (χ4v) is 4.09. The van der Waals surface area contributed by atoms with Gasteiger partial charge >= 0.3 is 0 Å². The van der Waals surface area contributed by atoms with Gasteiger partial charge in [0.1, 0.15) is 5.69 Å². The van der Waals surface area contributed by atoms with Gasteiger partial charge in [-0.15, -0.1) is 0 Å². The van der Waals surface area contributed by atoms with E-state index in [0.717, 1.165) is 10.5 Å². The molecule has 3 heterocycles. The van der Waals surface area contributed by atoms with Gasteiger partial charge in [0.2, 0.25) is 0 Å². The van der Waals surface area contributed by atoms with Crippen molar-refractivity contribution < 1.29 is 9.90 Å². The molecular formula is C15H19N5O2S. The average molecular weight is 333 g/mol. The Kier molecular flexibility index (Phi) is 4.56. The molecule has 1 unspecified atom stereocenters. The molecule has 0 fully saturated rings. The zero-order valence-corrected chi connectivity index (χ0v) is 13.6. The van der Waals surface area contributed by atoms with Crippen LogP contribution in [0, 0.1) is 4.78 Å². The van der Waals surface area contributed by atoms with Gasteiger partial charge in [-0.05, 0) is 41.4 Å². The van der Waals surface area contributed by atoms with Crippen LogP contribution in [-0.4, -0.2) is 33.2 Å². The third-order valence-corrected chi connectivity index (χ3v) is 5.23. The maximum Gasteiger partial charge on any atom is 0.272 e. The Labute approximate surface area is 136 Å². The van der Waals surface area contributed by atoms with Crippen LogP contribution in [0.4, 0.5) is 5.69 Å². The van der Waals surface area contributed by atoms with Gasteiger partial charge in [-0.2, -0.15) is 0 Å². The lowest BCUT2D eigenvalue weighted by atomic mass is 10.1. The van der Waals surface area contributed by atoms with Crippen LogP contribution in [0.2, 0.25) is 0 Å². The number of hydrogen-bond donors (Lipinski definition) is 4. The van der Waals surface area contributed by atoms with E-state index < -0.39 is 10.9 Å². The SMILES string of the molecule is Cn1cc2c(c1C(=O)Nc1ccncc1)CC[C@H](CO)NS2=N. The molecule has 1 amide bonds. The quantitative estimate of drug-likeness (QED) is 0.678. The Bertz CT molecular complexity index is 744. The highest BCUT2D eigenvalue weighted by Gasteiger charge is 2.26. The van der Waals surface area contributed by atoms with E-state index >= 15 is 0 Å². The summed E-state index contributed by atoms with van der Waals surface area (Å²) in [4.78, 5) is 17.4. The van der Waals surface area contributed by atoms with Crippen molar-refractivity contribution >= 4 is 22.5 Å². The number of anilines is 1. The van der Waals surface area contributed by atoms with E-state index in [9.17, 15) is 9.90 Å². The first-order valence-corrected chi connectivity index (χ1v) is 8.54. The van der Waals surface area contributed by atoms with Gasteiger partial charge in [-0.25, -0.2) is 4.72 Å². The van der Waals surface area contributed by atoms with Gasteiger partial charge in [-0.1, -0.05) is 0 Å². The molecule has 2 aromatic heterocycles. The molecule has 23 heavy (non-hydrogen) atoms. The summed E-state index contributed by atoms with van der Waals surface area (Å²) in [5.74, 6) is -0.195.